The van der Waals surface area contributed by atoms with Gasteiger partial charge in [-0.3, -0.25) is 0 Å². The van der Waals surface area contributed by atoms with Crippen molar-refractivity contribution in [3.05, 3.63) is 45.6 Å². The zero-order valence-corrected chi connectivity index (χ0v) is 13.3. The fourth-order valence-corrected chi connectivity index (χ4v) is 2.61. The van der Waals surface area contributed by atoms with Gasteiger partial charge in [0.2, 0.25) is 0 Å². The zero-order valence-electron chi connectivity index (χ0n) is 10.2. The van der Waals surface area contributed by atoms with Crippen LogP contribution in [-0.4, -0.2) is 6.04 Å². The van der Waals surface area contributed by atoms with Gasteiger partial charge in [0.05, 0.1) is 11.6 Å². The molecule has 1 heterocycles. The van der Waals surface area contributed by atoms with Gasteiger partial charge in [0, 0.05) is 16.1 Å². The largest absolute Gasteiger partial charge is 0.460 e. The molecule has 0 spiro atoms. The van der Waals surface area contributed by atoms with Crippen molar-refractivity contribution < 1.29 is 4.42 Å². The van der Waals surface area contributed by atoms with Gasteiger partial charge < -0.3 is 9.73 Å². The average molecular weight is 363 g/mol. The molecule has 2 aromatic rings. The van der Waals surface area contributed by atoms with Crippen LogP contribution in [0.15, 0.2) is 39.2 Å². The molecule has 0 saturated heterocycles. The van der Waals surface area contributed by atoms with E-state index in [1.165, 1.54) is 12.8 Å². The maximum Gasteiger partial charge on any atom is 0.135 e. The molecule has 1 aliphatic carbocycles. The van der Waals surface area contributed by atoms with Gasteiger partial charge in [-0.15, -0.1) is 12.4 Å². The lowest BCUT2D eigenvalue weighted by Gasteiger charge is -2.02. The van der Waals surface area contributed by atoms with Gasteiger partial charge in [-0.1, -0.05) is 27.5 Å². The van der Waals surface area contributed by atoms with E-state index in [9.17, 15) is 0 Å². The smallest absolute Gasteiger partial charge is 0.135 e. The highest BCUT2D eigenvalue weighted by atomic mass is 79.9. The first-order valence-corrected chi connectivity index (χ1v) is 7.17. The SMILES string of the molecule is Cl.Clc1cc(Br)ccc1-c1ccc(CNC2CC2)o1. The first-order valence-electron chi connectivity index (χ1n) is 6.00. The summed E-state index contributed by atoms with van der Waals surface area (Å²) in [5.41, 5.74) is 0.928. The van der Waals surface area contributed by atoms with Crippen molar-refractivity contribution >= 4 is 39.9 Å². The second-order valence-electron chi connectivity index (χ2n) is 4.55. The average Bonchev–Trinajstić information content (AvgIpc) is 3.05. The number of furan rings is 1. The summed E-state index contributed by atoms with van der Waals surface area (Å²) in [4.78, 5) is 0. The molecule has 0 unspecified atom stereocenters. The third-order valence-corrected chi connectivity index (χ3v) is 3.81. The molecule has 1 saturated carbocycles. The Kier molecular flexibility index (Phi) is 4.96. The van der Waals surface area contributed by atoms with E-state index in [4.69, 9.17) is 16.0 Å². The van der Waals surface area contributed by atoms with E-state index in [-0.39, 0.29) is 12.4 Å². The van der Waals surface area contributed by atoms with Crippen molar-refractivity contribution in [1.82, 2.24) is 5.32 Å². The summed E-state index contributed by atoms with van der Waals surface area (Å²) in [7, 11) is 0. The monoisotopic (exact) mass is 361 g/mol. The number of hydrogen-bond acceptors (Lipinski definition) is 2. The molecular formula is C14H14BrCl2NO. The summed E-state index contributed by atoms with van der Waals surface area (Å²) in [5.74, 6) is 1.77. The molecule has 19 heavy (non-hydrogen) atoms. The van der Waals surface area contributed by atoms with Crippen molar-refractivity contribution in [3.8, 4) is 11.3 Å². The molecule has 5 heteroatoms. The first-order chi connectivity index (χ1) is 8.72. The second kappa shape index (κ2) is 6.31. The minimum Gasteiger partial charge on any atom is -0.460 e. The Morgan fingerprint density at radius 1 is 1.26 bits per heavy atom. The van der Waals surface area contributed by atoms with Crippen LogP contribution in [0.3, 0.4) is 0 Å². The highest BCUT2D eigenvalue weighted by molar-refractivity contribution is 9.10. The Labute approximate surface area is 132 Å². The van der Waals surface area contributed by atoms with Gasteiger partial charge in [-0.05, 0) is 43.2 Å². The van der Waals surface area contributed by atoms with Gasteiger partial charge in [0.15, 0.2) is 0 Å². The molecular weight excluding hydrogens is 349 g/mol. The molecule has 0 radical (unpaired) electrons. The molecule has 0 bridgehead atoms. The van der Waals surface area contributed by atoms with Crippen molar-refractivity contribution in [3.63, 3.8) is 0 Å². The van der Waals surface area contributed by atoms with E-state index in [0.717, 1.165) is 28.1 Å². The molecule has 1 fully saturated rings. The van der Waals surface area contributed by atoms with Crippen LogP contribution in [0, 0.1) is 0 Å². The summed E-state index contributed by atoms with van der Waals surface area (Å²) in [6, 6.07) is 10.5. The normalized spacial score (nSPS) is 14.2. The Morgan fingerprint density at radius 3 is 2.74 bits per heavy atom. The van der Waals surface area contributed by atoms with E-state index in [0.29, 0.717) is 11.1 Å². The van der Waals surface area contributed by atoms with E-state index >= 15 is 0 Å². The van der Waals surface area contributed by atoms with Crippen molar-refractivity contribution in [2.45, 2.75) is 25.4 Å². The highest BCUT2D eigenvalue weighted by Crippen LogP contribution is 2.31. The third-order valence-electron chi connectivity index (χ3n) is 3.00. The third kappa shape index (κ3) is 3.76. The summed E-state index contributed by atoms with van der Waals surface area (Å²) < 4.78 is 6.78. The van der Waals surface area contributed by atoms with Gasteiger partial charge >= 0.3 is 0 Å². The van der Waals surface area contributed by atoms with Crippen LogP contribution in [0.1, 0.15) is 18.6 Å². The van der Waals surface area contributed by atoms with E-state index < -0.39 is 0 Å². The van der Waals surface area contributed by atoms with Gasteiger partial charge in [0.1, 0.15) is 11.5 Å². The zero-order chi connectivity index (χ0) is 12.5. The van der Waals surface area contributed by atoms with Crippen LogP contribution in [0.5, 0.6) is 0 Å². The summed E-state index contributed by atoms with van der Waals surface area (Å²) in [6.07, 6.45) is 2.57. The first kappa shape index (κ1) is 14.9. The number of rotatable bonds is 4. The quantitative estimate of drug-likeness (QED) is 0.824. The predicted octanol–water partition coefficient (Wildman–Crippen LogP) is 5.04. The predicted molar refractivity (Wildman–Crippen MR) is 84.0 cm³/mol. The van der Waals surface area contributed by atoms with Crippen LogP contribution in [0.2, 0.25) is 5.02 Å². The van der Waals surface area contributed by atoms with Crippen LogP contribution in [0.25, 0.3) is 11.3 Å². The summed E-state index contributed by atoms with van der Waals surface area (Å²) >= 11 is 9.60. The topological polar surface area (TPSA) is 25.2 Å². The van der Waals surface area contributed by atoms with Crippen LogP contribution < -0.4 is 5.32 Å². The molecule has 102 valence electrons. The Morgan fingerprint density at radius 2 is 2.05 bits per heavy atom. The van der Waals surface area contributed by atoms with Crippen LogP contribution >= 0.6 is 39.9 Å². The molecule has 0 amide bonds. The fraction of sp³-hybridized carbons (Fsp3) is 0.286. The molecule has 1 N–H and O–H groups in total. The fourth-order valence-electron chi connectivity index (χ4n) is 1.84. The lowest BCUT2D eigenvalue weighted by molar-refractivity contribution is 0.492. The van der Waals surface area contributed by atoms with E-state index in [1.807, 2.05) is 30.3 Å². The second-order valence-corrected chi connectivity index (χ2v) is 5.87. The Bertz CT molecular complexity index is 566. The highest BCUT2D eigenvalue weighted by Gasteiger charge is 2.20. The standard InChI is InChI=1S/C14H13BrClNO.ClH/c15-9-1-5-12(13(16)7-9)14-6-4-11(18-14)8-17-10-2-3-10;/h1,4-7,10,17H,2-3,8H2;1H. The maximum absolute atomic E-state index is 6.21. The molecule has 3 rings (SSSR count). The van der Waals surface area contributed by atoms with Crippen LogP contribution in [-0.2, 0) is 6.54 Å². The minimum absolute atomic E-state index is 0. The maximum atomic E-state index is 6.21. The molecule has 1 aromatic carbocycles. The molecule has 2 nitrogen and oxygen atoms in total. The number of halogens is 3. The lowest BCUT2D eigenvalue weighted by Crippen LogP contribution is -2.14. The Hall–Kier alpha value is -0.480. The van der Waals surface area contributed by atoms with Gasteiger partial charge in [-0.25, -0.2) is 0 Å². The molecule has 1 aliphatic rings. The molecule has 1 aromatic heterocycles. The Balaban J connectivity index is 0.00000133. The minimum atomic E-state index is 0. The molecule has 0 aliphatic heterocycles. The van der Waals surface area contributed by atoms with E-state index in [1.54, 1.807) is 0 Å². The number of benzene rings is 1. The van der Waals surface area contributed by atoms with Crippen molar-refractivity contribution in [1.29, 1.82) is 0 Å². The summed E-state index contributed by atoms with van der Waals surface area (Å²) in [5, 5.41) is 4.12. The summed E-state index contributed by atoms with van der Waals surface area (Å²) in [6.45, 7) is 0.790. The number of hydrogen-bond donors (Lipinski definition) is 1. The number of nitrogens with one attached hydrogen (secondary N) is 1. The van der Waals surface area contributed by atoms with Gasteiger partial charge in [-0.2, -0.15) is 0 Å². The molecule has 0 atom stereocenters. The van der Waals surface area contributed by atoms with Crippen LogP contribution in [0.4, 0.5) is 0 Å². The van der Waals surface area contributed by atoms with Crippen molar-refractivity contribution in [2.75, 3.05) is 0 Å². The lowest BCUT2D eigenvalue weighted by atomic mass is 10.2. The van der Waals surface area contributed by atoms with Gasteiger partial charge in [0.25, 0.3) is 0 Å². The van der Waals surface area contributed by atoms with E-state index in [2.05, 4.69) is 21.2 Å². The van der Waals surface area contributed by atoms with Crippen molar-refractivity contribution in [2.24, 2.45) is 0 Å².